The number of ether oxygens (including phenoxy) is 5. The van der Waals surface area contributed by atoms with Crippen molar-refractivity contribution in [2.75, 3.05) is 48.9 Å². The van der Waals surface area contributed by atoms with Crippen molar-refractivity contribution in [3.8, 4) is 45.8 Å². The van der Waals surface area contributed by atoms with Gasteiger partial charge in [0.1, 0.15) is 28.7 Å². The van der Waals surface area contributed by atoms with Crippen LogP contribution in [-0.2, 0) is 59.5 Å². The van der Waals surface area contributed by atoms with Crippen LogP contribution in [0.25, 0.3) is 49.8 Å². The van der Waals surface area contributed by atoms with Crippen molar-refractivity contribution in [3.05, 3.63) is 313 Å². The third-order valence-corrected chi connectivity index (χ3v) is 26.1. The Morgan fingerprint density at radius 1 is 0.425 bits per heavy atom. The number of rotatable bonds is 23. The number of halogens is 2. The fourth-order valence-electron chi connectivity index (χ4n) is 13.7. The van der Waals surface area contributed by atoms with E-state index < -0.39 is 30.1 Å². The molecule has 17 rings (SSSR count). The van der Waals surface area contributed by atoms with E-state index in [1.807, 2.05) is 36.4 Å². The van der Waals surface area contributed by atoms with Gasteiger partial charge in [-0.3, -0.25) is 32.8 Å². The van der Waals surface area contributed by atoms with Gasteiger partial charge in [-0.05, 0) is 236 Å². The zero-order valence-corrected chi connectivity index (χ0v) is 74.6. The van der Waals surface area contributed by atoms with Crippen molar-refractivity contribution in [3.63, 3.8) is 0 Å². The molecule has 32 heteroatoms. The molecular formula is C88H82Br2N12O14S3Zn. The molecule has 3 aliphatic rings. The van der Waals surface area contributed by atoms with Crippen molar-refractivity contribution in [1.82, 2.24) is 44.3 Å². The van der Waals surface area contributed by atoms with Gasteiger partial charge in [-0.25, -0.2) is 33.9 Å². The van der Waals surface area contributed by atoms with E-state index in [1.54, 1.807) is 183 Å². The minimum atomic E-state index is -4.08. The molecule has 1 N–H and O–H groups in total. The maximum atomic E-state index is 14.1. The van der Waals surface area contributed by atoms with Gasteiger partial charge < -0.3 is 30.1 Å². The van der Waals surface area contributed by atoms with E-state index in [0.717, 1.165) is 41.3 Å². The zero-order valence-electron chi connectivity index (χ0n) is 66.0. The molecule has 0 unspecified atom stereocenters. The second kappa shape index (κ2) is 39.1. The summed E-state index contributed by atoms with van der Waals surface area (Å²) in [5.74, 6) is 4.56. The molecule has 3 saturated carbocycles. The molecule has 0 aliphatic heterocycles. The zero-order chi connectivity index (χ0) is 84.7. The molecule has 26 nitrogen and oxygen atoms in total. The average molecular weight is 1850 g/mol. The number of nitrogens with zero attached hydrogens (tertiary/aromatic N) is 11. The molecule has 6 aromatic heterocycles. The Bertz CT molecular complexity index is 6540. The summed E-state index contributed by atoms with van der Waals surface area (Å²) >= 11 is 7.67. The van der Waals surface area contributed by atoms with E-state index in [-0.39, 0.29) is 61.9 Å². The molecule has 3 aliphatic carbocycles. The standard InChI is InChI=1S/C32H30N4O5S.C28H23BrN4O5S.C24H22N4O4S.C4H7.BrH.Zn/c1-40-26-12-8-22(9-13-26)21-35(31-7-4-18-33-34-31)42(38,39)27-14-16-28-25(19-27)11-17-32(37)36(28)29-15-10-24(20-30(29)41-2)23-5-3-6-23;1-37-22-9-5-19(6-10-22)18-32(27-4-3-15-30-31-27)39(35,36)23-11-13-24-20(16-23)7-14-28(34)33(24)25-12-8-21(29)17-26(25)38-2;1-32-22-15-17(16-4-2-5-16)7-10-21(22)28-20-11-9-19(14-18(20)8-12-24(28)29)33(30,31)27-23-6-3-13-25-26-23;1-2-4-3-1;;/h4,7-20,23H,3,5-6,21H2,1-2H3;3-17H,18H2,1-2H3;3,6-16H,2,4-5H2,1H3,(H,26,27);1H,2-4H2;1H;/q;;;-1;;+2/p-1. The van der Waals surface area contributed by atoms with Gasteiger partial charge in [0.15, 0.2) is 17.5 Å². The summed E-state index contributed by atoms with van der Waals surface area (Å²) in [6.07, 6.45) is 18.0. The Morgan fingerprint density at radius 3 is 1.13 bits per heavy atom. The van der Waals surface area contributed by atoms with Crippen molar-refractivity contribution in [1.29, 1.82) is 0 Å². The summed E-state index contributed by atoms with van der Waals surface area (Å²) in [4.78, 5) is 39.2. The van der Waals surface area contributed by atoms with Gasteiger partial charge in [0.25, 0.3) is 46.7 Å². The molecule has 3 fully saturated rings. The number of methoxy groups -OCH3 is 5. The third kappa shape index (κ3) is 19.5. The Labute approximate surface area is 719 Å². The molecule has 14 aromatic rings. The fraction of sp³-hybridized carbons (Fsp3) is 0.205. The van der Waals surface area contributed by atoms with Crippen LogP contribution in [0.15, 0.2) is 283 Å². The number of pyridine rings is 3. The van der Waals surface area contributed by atoms with Gasteiger partial charge >= 0.3 is 30.0 Å². The van der Waals surface area contributed by atoms with Crippen LogP contribution >= 0.6 is 29.6 Å². The molecule has 0 bridgehead atoms. The molecular weight excluding hydrogens is 1770 g/mol. The molecule has 0 amide bonds. The number of fused-ring (bicyclic) bond motifs is 3. The molecule has 0 atom stereocenters. The molecule has 0 radical (unpaired) electrons. The fourth-order valence-corrected chi connectivity index (χ4v) is 18.0. The summed E-state index contributed by atoms with van der Waals surface area (Å²) in [6, 6.07) is 64.2. The first kappa shape index (κ1) is 86.3. The summed E-state index contributed by atoms with van der Waals surface area (Å²) in [6.45, 7) is 0.0613. The van der Waals surface area contributed by atoms with Crippen LogP contribution in [0.4, 0.5) is 17.5 Å². The van der Waals surface area contributed by atoms with Crippen molar-refractivity contribution in [2.45, 2.75) is 97.4 Å². The topological polar surface area (TPSA) is 310 Å². The quantitative estimate of drug-likeness (QED) is 0.0459. The van der Waals surface area contributed by atoms with E-state index in [4.69, 9.17) is 23.7 Å². The maximum absolute atomic E-state index is 14.1. The first-order chi connectivity index (χ1) is 58.2. The van der Waals surface area contributed by atoms with Crippen molar-refractivity contribution < 1.29 is 65.3 Å². The molecule has 6 heterocycles. The minimum absolute atomic E-state index is 0.0264. The summed E-state index contributed by atoms with van der Waals surface area (Å²) in [5.41, 5.74) is 6.57. The first-order valence-corrected chi connectivity index (χ1v) is 50.2. The summed E-state index contributed by atoms with van der Waals surface area (Å²) in [7, 11) is -4.21. The Morgan fingerprint density at radius 2 is 0.792 bits per heavy atom. The van der Waals surface area contributed by atoms with Crippen LogP contribution < -0.4 is 53.7 Å². The number of hydrogen-bond acceptors (Lipinski definition) is 20. The van der Waals surface area contributed by atoms with Gasteiger partial charge in [-0.15, -0.1) is 21.7 Å². The normalized spacial score (nSPS) is 13.1. The van der Waals surface area contributed by atoms with E-state index in [1.165, 1.54) is 147 Å². The van der Waals surface area contributed by atoms with E-state index >= 15 is 0 Å². The van der Waals surface area contributed by atoms with Crippen LogP contribution in [0.2, 0.25) is 0 Å². The van der Waals surface area contributed by atoms with Gasteiger partial charge in [0.2, 0.25) is 0 Å². The Balaban J connectivity index is 0.000000151. The predicted molar refractivity (Wildman–Crippen MR) is 466 cm³/mol. The van der Waals surface area contributed by atoms with Crippen LogP contribution in [0, 0.1) is 6.42 Å². The van der Waals surface area contributed by atoms with Gasteiger partial charge in [-0.1, -0.05) is 65.2 Å². The number of anilines is 3. The van der Waals surface area contributed by atoms with Crippen molar-refractivity contribution in [2.24, 2.45) is 0 Å². The second-order valence-corrected chi connectivity index (χ2v) is 34.3. The number of benzene rings is 8. The molecule has 612 valence electrons. The van der Waals surface area contributed by atoms with Crippen LogP contribution in [-0.4, -0.2) is 105 Å². The van der Waals surface area contributed by atoms with E-state index in [2.05, 4.69) is 71.3 Å². The van der Waals surface area contributed by atoms with Crippen LogP contribution in [0.3, 0.4) is 0 Å². The molecule has 8 aromatic carbocycles. The van der Waals surface area contributed by atoms with Crippen LogP contribution in [0.1, 0.15) is 91.9 Å². The van der Waals surface area contributed by atoms with Gasteiger partial charge in [0, 0.05) is 57.4 Å². The first-order valence-electron chi connectivity index (χ1n) is 38.1. The monoisotopic (exact) mass is 1850 g/mol. The van der Waals surface area contributed by atoms with Gasteiger partial charge in [-0.2, -0.15) is 28.1 Å². The van der Waals surface area contributed by atoms with E-state index in [0.29, 0.717) is 90.4 Å². The predicted octanol–water partition coefficient (Wildman–Crippen LogP) is 16.5. The molecule has 120 heavy (non-hydrogen) atoms. The molecule has 0 spiro atoms. The number of sulfonamides is 3. The average Bonchev–Trinajstić information content (AvgIpc) is 0.763. The molecule has 0 saturated heterocycles. The van der Waals surface area contributed by atoms with Gasteiger partial charge in [0.05, 0.1) is 96.9 Å². The number of aromatic nitrogens is 9. The summed E-state index contributed by atoms with van der Waals surface area (Å²) < 4.78 is 119. The third-order valence-electron chi connectivity index (χ3n) is 20.7. The Hall–Kier alpha value is -11.5. The SMILES string of the molecule is COc1cc(C2CCC2)ccc1-n1c(=O)ccc2cc(S(=O)(=O)Nc3cccnn3)ccc21.COc1ccc(CN(c2cccnn2)S(=O)(=O)c2ccc3c(ccc(=O)n3-c3ccc(Br)cc3OC)c2)cc1.COc1ccc(CN(c2cccnn2)S(=O)(=O)c2ccc3c(ccc(=O)n3-c3ccc(C4CCC4)cc3OC)c2)cc1.[CH-]1CCC1.[Zn+][Br]. The second-order valence-electron chi connectivity index (χ2n) is 27.9. The van der Waals surface area contributed by atoms with E-state index in [9.17, 15) is 39.6 Å². The van der Waals surface area contributed by atoms with Crippen LogP contribution in [0.5, 0.6) is 28.7 Å². The summed E-state index contributed by atoms with van der Waals surface area (Å²) in [5, 5.41) is 25.1. The Kier molecular flexibility index (Phi) is 28.1. The number of hydrogen-bond donors (Lipinski definition) is 1. The van der Waals surface area contributed by atoms with Crippen molar-refractivity contribution >= 4 is 110 Å². The number of nitrogens with one attached hydrogen (secondary N) is 1.